The lowest BCUT2D eigenvalue weighted by atomic mass is 10.2. The molecular weight excluding hydrogens is 202 g/mol. The highest BCUT2D eigenvalue weighted by molar-refractivity contribution is 5.55. The Labute approximate surface area is 93.8 Å². The lowest BCUT2D eigenvalue weighted by Crippen LogP contribution is -2.00. The molecule has 0 amide bonds. The summed E-state index contributed by atoms with van der Waals surface area (Å²) >= 11 is 0. The second kappa shape index (κ2) is 4.53. The number of hydrogen-bond donors (Lipinski definition) is 3. The largest absolute Gasteiger partial charge is 0.506 e. The molecule has 0 atom stereocenters. The number of pyridine rings is 1. The number of rotatable bonds is 3. The maximum Gasteiger partial charge on any atom is 0.138 e. The van der Waals surface area contributed by atoms with Crippen LogP contribution in [0.5, 0.6) is 5.75 Å². The van der Waals surface area contributed by atoms with Gasteiger partial charge in [0.2, 0.25) is 0 Å². The van der Waals surface area contributed by atoms with Crippen molar-refractivity contribution >= 4 is 11.4 Å². The molecule has 0 unspecified atom stereocenters. The Bertz CT molecular complexity index is 485. The van der Waals surface area contributed by atoms with Gasteiger partial charge in [0.05, 0.1) is 11.4 Å². The van der Waals surface area contributed by atoms with E-state index in [9.17, 15) is 5.11 Å². The Kier molecular flexibility index (Phi) is 2.91. The van der Waals surface area contributed by atoms with Gasteiger partial charge in [0, 0.05) is 18.9 Å². The lowest BCUT2D eigenvalue weighted by molar-refractivity contribution is 0.477. The van der Waals surface area contributed by atoms with Crippen LogP contribution in [-0.4, -0.2) is 10.1 Å². The highest BCUT2D eigenvalue weighted by Gasteiger charge is 1.99. The normalized spacial score (nSPS) is 10.0. The number of nitrogens with two attached hydrogens (primary N) is 1. The number of nitrogen functional groups attached to an aromatic ring is 1. The Morgan fingerprint density at radius 3 is 2.81 bits per heavy atom. The fourth-order valence-corrected chi connectivity index (χ4v) is 1.42. The number of aromatic nitrogens is 1. The Hall–Kier alpha value is -2.23. The fourth-order valence-electron chi connectivity index (χ4n) is 1.42. The topological polar surface area (TPSA) is 71.2 Å². The minimum absolute atomic E-state index is 0.236. The van der Waals surface area contributed by atoms with Crippen molar-refractivity contribution in [2.75, 3.05) is 11.1 Å². The van der Waals surface area contributed by atoms with Gasteiger partial charge in [-0.2, -0.15) is 0 Å². The van der Waals surface area contributed by atoms with Gasteiger partial charge < -0.3 is 16.2 Å². The Balaban J connectivity index is 2.05. The van der Waals surface area contributed by atoms with Crippen LogP contribution in [0.2, 0.25) is 0 Å². The molecule has 1 aromatic carbocycles. The average molecular weight is 215 g/mol. The second-order valence-corrected chi connectivity index (χ2v) is 3.50. The number of benzene rings is 1. The van der Waals surface area contributed by atoms with Crippen molar-refractivity contribution < 1.29 is 5.11 Å². The summed E-state index contributed by atoms with van der Waals surface area (Å²) in [5.41, 5.74) is 7.93. The second-order valence-electron chi connectivity index (χ2n) is 3.50. The quantitative estimate of drug-likeness (QED) is 0.685. The van der Waals surface area contributed by atoms with Gasteiger partial charge in [-0.15, -0.1) is 0 Å². The molecule has 0 saturated heterocycles. The van der Waals surface area contributed by atoms with Crippen LogP contribution in [0.25, 0.3) is 0 Å². The summed E-state index contributed by atoms with van der Waals surface area (Å²) in [6, 6.07) is 8.94. The highest BCUT2D eigenvalue weighted by atomic mass is 16.3. The minimum Gasteiger partial charge on any atom is -0.506 e. The van der Waals surface area contributed by atoms with E-state index in [0.717, 1.165) is 5.56 Å². The summed E-state index contributed by atoms with van der Waals surface area (Å²) in [7, 11) is 0. The van der Waals surface area contributed by atoms with Crippen LogP contribution in [0.4, 0.5) is 11.4 Å². The van der Waals surface area contributed by atoms with E-state index in [0.29, 0.717) is 17.9 Å². The molecule has 0 bridgehead atoms. The summed E-state index contributed by atoms with van der Waals surface area (Å²) in [6.45, 7) is 0.579. The first-order valence-electron chi connectivity index (χ1n) is 4.97. The molecule has 0 aliphatic rings. The molecule has 0 aliphatic carbocycles. The van der Waals surface area contributed by atoms with E-state index in [1.807, 2.05) is 18.2 Å². The summed E-state index contributed by atoms with van der Waals surface area (Å²) < 4.78 is 0. The molecule has 0 aliphatic heterocycles. The predicted molar refractivity (Wildman–Crippen MR) is 64.1 cm³/mol. The number of hydrogen-bond acceptors (Lipinski definition) is 4. The summed E-state index contributed by atoms with van der Waals surface area (Å²) in [4.78, 5) is 3.99. The third kappa shape index (κ3) is 2.42. The third-order valence-electron chi connectivity index (χ3n) is 2.20. The fraction of sp³-hybridized carbons (Fsp3) is 0.0833. The molecule has 82 valence electrons. The molecule has 0 radical (unpaired) electrons. The molecule has 4 N–H and O–H groups in total. The van der Waals surface area contributed by atoms with E-state index in [1.165, 1.54) is 0 Å². The third-order valence-corrected chi connectivity index (χ3v) is 2.20. The molecule has 4 nitrogen and oxygen atoms in total. The van der Waals surface area contributed by atoms with Crippen molar-refractivity contribution in [1.29, 1.82) is 0 Å². The van der Waals surface area contributed by atoms with Gasteiger partial charge in [-0.25, -0.2) is 0 Å². The average Bonchev–Trinajstić information content (AvgIpc) is 2.28. The number of nitrogens with zero attached hydrogens (tertiary/aromatic N) is 1. The number of phenolic OH excluding ortho intramolecular Hbond substituents is 1. The van der Waals surface area contributed by atoms with Gasteiger partial charge in [-0.1, -0.05) is 12.1 Å². The van der Waals surface area contributed by atoms with Gasteiger partial charge >= 0.3 is 0 Å². The molecule has 1 aromatic heterocycles. The number of anilines is 2. The van der Waals surface area contributed by atoms with Crippen molar-refractivity contribution in [3.05, 3.63) is 48.3 Å². The molecule has 4 heteroatoms. The Morgan fingerprint density at radius 2 is 2.06 bits per heavy atom. The van der Waals surface area contributed by atoms with Gasteiger partial charge in [0.25, 0.3) is 0 Å². The maximum absolute atomic E-state index is 9.54. The van der Waals surface area contributed by atoms with Crippen LogP contribution in [0.1, 0.15) is 5.56 Å². The SMILES string of the molecule is Nc1cncc(CNc2ccccc2O)c1. The van der Waals surface area contributed by atoms with Crippen LogP contribution in [0.15, 0.2) is 42.7 Å². The van der Waals surface area contributed by atoms with Gasteiger partial charge in [-0.3, -0.25) is 4.98 Å². The van der Waals surface area contributed by atoms with E-state index in [-0.39, 0.29) is 5.75 Å². The monoisotopic (exact) mass is 215 g/mol. The van der Waals surface area contributed by atoms with Crippen molar-refractivity contribution in [3.63, 3.8) is 0 Å². The Morgan fingerprint density at radius 1 is 1.25 bits per heavy atom. The number of nitrogens with one attached hydrogen (secondary N) is 1. The molecule has 1 heterocycles. The first kappa shape index (κ1) is 10.3. The van der Waals surface area contributed by atoms with Crippen LogP contribution >= 0.6 is 0 Å². The first-order chi connectivity index (χ1) is 7.75. The van der Waals surface area contributed by atoms with Crippen molar-refractivity contribution in [2.45, 2.75) is 6.54 Å². The molecule has 0 saturated carbocycles. The van der Waals surface area contributed by atoms with Crippen molar-refractivity contribution in [2.24, 2.45) is 0 Å². The van der Waals surface area contributed by atoms with Crippen LogP contribution in [0.3, 0.4) is 0 Å². The number of phenols is 1. The predicted octanol–water partition coefficient (Wildman–Crippen LogP) is 1.98. The van der Waals surface area contributed by atoms with Gasteiger partial charge in [-0.05, 0) is 23.8 Å². The number of para-hydroxylation sites is 2. The zero-order valence-corrected chi connectivity index (χ0v) is 8.72. The molecular formula is C12H13N3O. The summed E-state index contributed by atoms with van der Waals surface area (Å²) in [5.74, 6) is 0.236. The molecule has 2 aromatic rings. The maximum atomic E-state index is 9.54. The van der Waals surface area contributed by atoms with Crippen LogP contribution in [-0.2, 0) is 6.54 Å². The van der Waals surface area contributed by atoms with E-state index in [2.05, 4.69) is 10.3 Å². The zero-order chi connectivity index (χ0) is 11.4. The minimum atomic E-state index is 0.236. The van der Waals surface area contributed by atoms with Gasteiger partial charge in [0.15, 0.2) is 0 Å². The zero-order valence-electron chi connectivity index (χ0n) is 8.72. The number of aromatic hydroxyl groups is 1. The molecule has 2 rings (SSSR count). The lowest BCUT2D eigenvalue weighted by Gasteiger charge is -2.08. The van der Waals surface area contributed by atoms with Crippen LogP contribution < -0.4 is 11.1 Å². The van der Waals surface area contributed by atoms with E-state index in [4.69, 9.17) is 5.73 Å². The first-order valence-corrected chi connectivity index (χ1v) is 4.97. The summed E-state index contributed by atoms with van der Waals surface area (Å²) in [5, 5.41) is 12.7. The van der Waals surface area contributed by atoms with Gasteiger partial charge in [0.1, 0.15) is 5.75 Å². The molecule has 0 fully saturated rings. The van der Waals surface area contributed by atoms with Crippen molar-refractivity contribution in [1.82, 2.24) is 4.98 Å². The standard InChI is InChI=1S/C12H13N3O/c13-10-5-9(6-14-8-10)7-15-11-3-1-2-4-12(11)16/h1-6,8,15-16H,7,13H2. The van der Waals surface area contributed by atoms with E-state index < -0.39 is 0 Å². The smallest absolute Gasteiger partial charge is 0.138 e. The highest BCUT2D eigenvalue weighted by Crippen LogP contribution is 2.22. The summed E-state index contributed by atoms with van der Waals surface area (Å²) in [6.07, 6.45) is 3.34. The van der Waals surface area contributed by atoms with Crippen molar-refractivity contribution in [3.8, 4) is 5.75 Å². The molecule has 0 spiro atoms. The van der Waals surface area contributed by atoms with Crippen LogP contribution in [0, 0.1) is 0 Å². The van der Waals surface area contributed by atoms with E-state index >= 15 is 0 Å². The molecule has 16 heavy (non-hydrogen) atoms. The van der Waals surface area contributed by atoms with E-state index in [1.54, 1.807) is 24.5 Å².